The van der Waals surface area contributed by atoms with Crippen molar-refractivity contribution in [2.24, 2.45) is 5.41 Å². The van der Waals surface area contributed by atoms with Crippen molar-refractivity contribution < 1.29 is 9.72 Å². The highest BCUT2D eigenvalue weighted by atomic mass is 32.1. The first-order valence-electron chi connectivity index (χ1n) is 5.99. The maximum Gasteiger partial charge on any atom is 0.274 e. The number of aryl methyl sites for hydroxylation is 1. The van der Waals surface area contributed by atoms with Crippen LogP contribution < -0.4 is 10.6 Å². The molecule has 0 spiro atoms. The van der Waals surface area contributed by atoms with Gasteiger partial charge in [0, 0.05) is 22.7 Å². The topological polar surface area (TPSA) is 84.3 Å². The van der Waals surface area contributed by atoms with E-state index in [1.165, 1.54) is 6.07 Å². The molecule has 2 N–H and O–H groups in total. The highest BCUT2D eigenvalue weighted by Gasteiger charge is 2.22. The van der Waals surface area contributed by atoms with Gasteiger partial charge in [0.2, 0.25) is 5.91 Å². The van der Waals surface area contributed by atoms with Gasteiger partial charge in [0.15, 0.2) is 5.11 Å². The van der Waals surface area contributed by atoms with Gasteiger partial charge in [-0.25, -0.2) is 0 Å². The summed E-state index contributed by atoms with van der Waals surface area (Å²) < 4.78 is 0. The first-order chi connectivity index (χ1) is 9.11. The van der Waals surface area contributed by atoms with Crippen molar-refractivity contribution >= 4 is 34.6 Å². The lowest BCUT2D eigenvalue weighted by Crippen LogP contribution is -2.41. The Morgan fingerprint density at radius 1 is 1.35 bits per heavy atom. The summed E-state index contributed by atoms with van der Waals surface area (Å²) in [5.74, 6) is -0.225. The number of carbonyl (C=O) groups is 1. The summed E-state index contributed by atoms with van der Waals surface area (Å²) >= 11 is 5.01. The average Bonchev–Trinajstić information content (AvgIpc) is 2.29. The van der Waals surface area contributed by atoms with Crippen LogP contribution in [-0.4, -0.2) is 15.9 Å². The molecule has 0 aliphatic rings. The number of nitro groups is 1. The molecule has 7 heteroatoms. The van der Waals surface area contributed by atoms with Crippen LogP contribution in [0.2, 0.25) is 0 Å². The standard InChI is InChI=1S/C13H17N3O3S/c1-8-5-6-9(7-10(8)16(18)19)14-12(20)15-11(17)13(2,3)4/h5-7H,1-4H3,(H2,14,15,17,20). The van der Waals surface area contributed by atoms with Gasteiger partial charge in [0.25, 0.3) is 5.69 Å². The van der Waals surface area contributed by atoms with Crippen LogP contribution in [0.4, 0.5) is 11.4 Å². The lowest BCUT2D eigenvalue weighted by Gasteiger charge is -2.18. The van der Waals surface area contributed by atoms with Crippen molar-refractivity contribution in [3.8, 4) is 0 Å². The molecule has 0 heterocycles. The Hall–Kier alpha value is -2.02. The van der Waals surface area contributed by atoms with Crippen LogP contribution in [0.3, 0.4) is 0 Å². The molecule has 0 bridgehead atoms. The Kier molecular flexibility index (Phi) is 4.78. The zero-order chi connectivity index (χ0) is 15.5. The highest BCUT2D eigenvalue weighted by molar-refractivity contribution is 7.80. The number of hydrogen-bond donors (Lipinski definition) is 2. The van der Waals surface area contributed by atoms with E-state index in [1.54, 1.807) is 39.8 Å². The number of nitrogens with one attached hydrogen (secondary N) is 2. The Balaban J connectivity index is 2.79. The number of nitro benzene ring substituents is 1. The third-order valence-electron chi connectivity index (χ3n) is 2.57. The summed E-state index contributed by atoms with van der Waals surface area (Å²) in [6.07, 6.45) is 0. The predicted molar refractivity (Wildman–Crippen MR) is 81.7 cm³/mol. The highest BCUT2D eigenvalue weighted by Crippen LogP contribution is 2.22. The van der Waals surface area contributed by atoms with E-state index in [0.29, 0.717) is 11.3 Å². The first-order valence-corrected chi connectivity index (χ1v) is 6.39. The fraction of sp³-hybridized carbons (Fsp3) is 0.385. The number of anilines is 1. The summed E-state index contributed by atoms with van der Waals surface area (Å²) in [4.78, 5) is 22.1. The molecule has 1 aromatic carbocycles. The fourth-order valence-electron chi connectivity index (χ4n) is 1.34. The Labute approximate surface area is 122 Å². The second-order valence-electron chi connectivity index (χ2n) is 5.42. The van der Waals surface area contributed by atoms with E-state index < -0.39 is 10.3 Å². The molecule has 0 aromatic heterocycles. The fourth-order valence-corrected chi connectivity index (χ4v) is 1.55. The summed E-state index contributed by atoms with van der Waals surface area (Å²) in [6.45, 7) is 6.95. The number of thiocarbonyl (C=S) groups is 1. The van der Waals surface area contributed by atoms with Gasteiger partial charge in [-0.05, 0) is 25.2 Å². The van der Waals surface area contributed by atoms with E-state index in [1.807, 2.05) is 0 Å². The van der Waals surface area contributed by atoms with Crippen molar-refractivity contribution in [3.63, 3.8) is 0 Å². The van der Waals surface area contributed by atoms with Crippen molar-refractivity contribution in [1.29, 1.82) is 0 Å². The van der Waals surface area contributed by atoms with E-state index in [2.05, 4.69) is 10.6 Å². The number of benzene rings is 1. The van der Waals surface area contributed by atoms with Crippen LogP contribution >= 0.6 is 12.2 Å². The van der Waals surface area contributed by atoms with E-state index in [9.17, 15) is 14.9 Å². The summed E-state index contributed by atoms with van der Waals surface area (Å²) in [5.41, 5.74) is 0.456. The van der Waals surface area contributed by atoms with Crippen LogP contribution in [0, 0.1) is 22.5 Å². The van der Waals surface area contributed by atoms with Crippen LogP contribution in [0.5, 0.6) is 0 Å². The van der Waals surface area contributed by atoms with E-state index in [0.717, 1.165) is 0 Å². The van der Waals surface area contributed by atoms with Crippen molar-refractivity contribution in [3.05, 3.63) is 33.9 Å². The Morgan fingerprint density at radius 3 is 2.45 bits per heavy atom. The molecular weight excluding hydrogens is 278 g/mol. The number of amides is 1. The Morgan fingerprint density at radius 2 is 1.95 bits per heavy atom. The second-order valence-corrected chi connectivity index (χ2v) is 5.82. The summed E-state index contributed by atoms with van der Waals surface area (Å²) in [5, 5.41) is 16.3. The zero-order valence-corrected chi connectivity index (χ0v) is 12.6. The molecule has 1 amide bonds. The van der Waals surface area contributed by atoms with E-state index in [-0.39, 0.29) is 16.7 Å². The number of nitrogens with zero attached hydrogens (tertiary/aromatic N) is 1. The average molecular weight is 295 g/mol. The minimum absolute atomic E-state index is 0.0000482. The predicted octanol–water partition coefficient (Wildman–Crippen LogP) is 2.76. The van der Waals surface area contributed by atoms with E-state index in [4.69, 9.17) is 12.2 Å². The smallest absolute Gasteiger partial charge is 0.274 e. The van der Waals surface area contributed by atoms with Gasteiger partial charge in [0.1, 0.15) is 0 Å². The zero-order valence-electron chi connectivity index (χ0n) is 11.8. The SMILES string of the molecule is Cc1ccc(NC(=S)NC(=O)C(C)(C)C)cc1[N+](=O)[O-]. The number of rotatable bonds is 2. The summed E-state index contributed by atoms with van der Waals surface area (Å²) in [6, 6.07) is 4.66. The number of hydrogen-bond acceptors (Lipinski definition) is 4. The molecular formula is C13H17N3O3S. The maximum atomic E-state index is 11.7. The molecule has 0 saturated carbocycles. The minimum Gasteiger partial charge on any atom is -0.332 e. The van der Waals surface area contributed by atoms with E-state index >= 15 is 0 Å². The third-order valence-corrected chi connectivity index (χ3v) is 2.78. The second kappa shape index (κ2) is 5.96. The molecule has 0 fully saturated rings. The number of carbonyl (C=O) groups excluding carboxylic acids is 1. The molecule has 0 aliphatic heterocycles. The molecule has 0 atom stereocenters. The molecule has 6 nitrogen and oxygen atoms in total. The van der Waals surface area contributed by atoms with Crippen molar-refractivity contribution in [2.75, 3.05) is 5.32 Å². The molecule has 108 valence electrons. The molecule has 0 saturated heterocycles. The van der Waals surface area contributed by atoms with Crippen molar-refractivity contribution in [1.82, 2.24) is 5.32 Å². The quantitative estimate of drug-likeness (QED) is 0.498. The van der Waals surface area contributed by atoms with Gasteiger partial charge in [0.05, 0.1) is 4.92 Å². The van der Waals surface area contributed by atoms with Gasteiger partial charge in [-0.1, -0.05) is 26.8 Å². The van der Waals surface area contributed by atoms with Gasteiger partial charge >= 0.3 is 0 Å². The van der Waals surface area contributed by atoms with Gasteiger partial charge < -0.3 is 10.6 Å². The van der Waals surface area contributed by atoms with Gasteiger partial charge in [-0.15, -0.1) is 0 Å². The molecule has 1 rings (SSSR count). The van der Waals surface area contributed by atoms with Crippen LogP contribution in [0.1, 0.15) is 26.3 Å². The van der Waals surface area contributed by atoms with Gasteiger partial charge in [-0.3, -0.25) is 14.9 Å². The van der Waals surface area contributed by atoms with Crippen LogP contribution in [0.15, 0.2) is 18.2 Å². The van der Waals surface area contributed by atoms with Gasteiger partial charge in [-0.2, -0.15) is 0 Å². The lowest BCUT2D eigenvalue weighted by atomic mass is 9.96. The molecule has 1 aromatic rings. The maximum absolute atomic E-state index is 11.7. The Bertz CT molecular complexity index is 564. The normalized spacial score (nSPS) is 10.8. The van der Waals surface area contributed by atoms with Crippen LogP contribution in [0.25, 0.3) is 0 Å². The molecule has 0 radical (unpaired) electrons. The monoisotopic (exact) mass is 295 g/mol. The molecule has 20 heavy (non-hydrogen) atoms. The third kappa shape index (κ3) is 4.27. The van der Waals surface area contributed by atoms with Crippen LogP contribution in [-0.2, 0) is 4.79 Å². The largest absolute Gasteiger partial charge is 0.332 e. The first kappa shape index (κ1) is 16.0. The minimum atomic E-state index is -0.564. The molecule has 0 aliphatic carbocycles. The summed E-state index contributed by atoms with van der Waals surface area (Å²) in [7, 11) is 0. The van der Waals surface area contributed by atoms with Crippen molar-refractivity contribution in [2.45, 2.75) is 27.7 Å². The molecule has 0 unspecified atom stereocenters. The lowest BCUT2D eigenvalue weighted by molar-refractivity contribution is -0.385.